The smallest absolute Gasteiger partial charge is 0.0634 e. The minimum Gasteiger partial charge on any atom is -0.393 e. The number of ether oxygens (including phenoxy) is 1. The fourth-order valence-electron chi connectivity index (χ4n) is 5.58. The van der Waals surface area contributed by atoms with Crippen LogP contribution in [-0.2, 0) is 4.74 Å². The maximum atomic E-state index is 9.98. The predicted octanol–water partition coefficient (Wildman–Crippen LogP) is 6.36. The van der Waals surface area contributed by atoms with E-state index in [1.807, 2.05) is 0 Å². The van der Waals surface area contributed by atoms with Crippen molar-refractivity contribution in [2.45, 2.75) is 97.2 Å². The van der Waals surface area contributed by atoms with Crippen LogP contribution >= 0.6 is 0 Å². The van der Waals surface area contributed by atoms with E-state index in [0.29, 0.717) is 17.4 Å². The maximum absolute atomic E-state index is 9.98. The van der Waals surface area contributed by atoms with Crippen LogP contribution in [0.5, 0.6) is 0 Å². The Balaban J connectivity index is 1.65. The molecule has 0 unspecified atom stereocenters. The lowest BCUT2D eigenvalue weighted by Crippen LogP contribution is -2.38. The minimum absolute atomic E-state index is 0.188. The highest BCUT2D eigenvalue weighted by atomic mass is 16.5. The second kappa shape index (κ2) is 9.09. The molecule has 152 valence electrons. The molecule has 1 N–H and O–H groups in total. The topological polar surface area (TPSA) is 29.5 Å². The highest BCUT2D eigenvalue weighted by molar-refractivity contribution is 5.36. The summed E-state index contributed by atoms with van der Waals surface area (Å²) in [7, 11) is 0. The first kappa shape index (κ1) is 20.9. The van der Waals surface area contributed by atoms with E-state index in [2.05, 4.69) is 39.5 Å². The van der Waals surface area contributed by atoms with Gasteiger partial charge in [0.2, 0.25) is 0 Å². The molecule has 2 heteroatoms. The zero-order valence-electron chi connectivity index (χ0n) is 17.8. The van der Waals surface area contributed by atoms with Crippen molar-refractivity contribution in [2.75, 3.05) is 6.61 Å². The van der Waals surface area contributed by atoms with Crippen LogP contribution in [0.15, 0.2) is 35.5 Å². The molecule has 2 nitrogen and oxygen atoms in total. The van der Waals surface area contributed by atoms with Gasteiger partial charge < -0.3 is 9.84 Å². The molecule has 0 amide bonds. The molecule has 0 aliphatic heterocycles. The van der Waals surface area contributed by atoms with E-state index in [4.69, 9.17) is 4.74 Å². The van der Waals surface area contributed by atoms with Gasteiger partial charge in [0.25, 0.3) is 0 Å². The second-order valence-corrected chi connectivity index (χ2v) is 9.82. The number of rotatable bonds is 6. The molecule has 0 saturated heterocycles. The lowest BCUT2D eigenvalue weighted by atomic mass is 9.66. The fourth-order valence-corrected chi connectivity index (χ4v) is 5.58. The standard InChI is InChI=1S/C25H40O2/c1-18(2)7-6-16-27-24-14-13-23-20(8-5-15-25(23,24)4)10-11-21-17-22(26)12-9-19(21)3/h10-11,18,22-24,26H,3,5-9,12-17H2,1-2,4H3/t22-,23-,24-,25-/m0/s1. The minimum atomic E-state index is -0.188. The molecule has 4 atom stereocenters. The zero-order valence-corrected chi connectivity index (χ0v) is 17.8. The van der Waals surface area contributed by atoms with Crippen molar-refractivity contribution < 1.29 is 9.84 Å². The molecule has 0 bridgehead atoms. The molecule has 3 saturated carbocycles. The van der Waals surface area contributed by atoms with E-state index in [1.54, 1.807) is 5.57 Å². The highest BCUT2D eigenvalue weighted by Gasteiger charge is 2.49. The number of fused-ring (bicyclic) bond motifs is 1. The molecule has 3 fully saturated rings. The summed E-state index contributed by atoms with van der Waals surface area (Å²) in [4.78, 5) is 0. The van der Waals surface area contributed by atoms with Crippen molar-refractivity contribution in [3.63, 3.8) is 0 Å². The molecular weight excluding hydrogens is 332 g/mol. The van der Waals surface area contributed by atoms with Crippen molar-refractivity contribution in [1.29, 1.82) is 0 Å². The Morgan fingerprint density at radius 3 is 2.81 bits per heavy atom. The summed E-state index contributed by atoms with van der Waals surface area (Å²) in [6.45, 7) is 12.2. The molecule has 3 aliphatic carbocycles. The molecule has 27 heavy (non-hydrogen) atoms. The van der Waals surface area contributed by atoms with Gasteiger partial charge in [0.15, 0.2) is 0 Å². The first-order chi connectivity index (χ1) is 12.9. The number of hydrogen-bond donors (Lipinski definition) is 1. The van der Waals surface area contributed by atoms with Crippen LogP contribution in [0.3, 0.4) is 0 Å². The first-order valence-electron chi connectivity index (χ1n) is 11.3. The zero-order chi connectivity index (χ0) is 19.4. The number of aliphatic hydroxyl groups is 1. The normalized spacial score (nSPS) is 37.4. The van der Waals surface area contributed by atoms with Crippen molar-refractivity contribution in [1.82, 2.24) is 0 Å². The largest absolute Gasteiger partial charge is 0.393 e. The van der Waals surface area contributed by atoms with Gasteiger partial charge in [-0.25, -0.2) is 0 Å². The molecule has 0 spiro atoms. The van der Waals surface area contributed by atoms with E-state index in [0.717, 1.165) is 31.8 Å². The van der Waals surface area contributed by atoms with Gasteiger partial charge in [-0.15, -0.1) is 0 Å². The molecule has 0 aromatic rings. The van der Waals surface area contributed by atoms with Gasteiger partial charge in [-0.3, -0.25) is 0 Å². The summed E-state index contributed by atoms with van der Waals surface area (Å²) in [6, 6.07) is 0. The van der Waals surface area contributed by atoms with Gasteiger partial charge >= 0.3 is 0 Å². The van der Waals surface area contributed by atoms with Crippen LogP contribution in [0.25, 0.3) is 0 Å². The second-order valence-electron chi connectivity index (χ2n) is 9.82. The van der Waals surface area contributed by atoms with Crippen LogP contribution in [0.2, 0.25) is 0 Å². The quantitative estimate of drug-likeness (QED) is 0.550. The van der Waals surface area contributed by atoms with Crippen LogP contribution in [0.4, 0.5) is 0 Å². The summed E-state index contributed by atoms with van der Waals surface area (Å²) in [6.07, 6.45) is 16.2. The summed E-state index contributed by atoms with van der Waals surface area (Å²) in [5, 5.41) is 9.98. The molecule has 3 aliphatic rings. The summed E-state index contributed by atoms with van der Waals surface area (Å²) >= 11 is 0. The van der Waals surface area contributed by atoms with Crippen LogP contribution in [0.1, 0.15) is 85.0 Å². The number of hydrogen-bond acceptors (Lipinski definition) is 2. The molecule has 3 rings (SSSR count). The Bertz CT molecular complexity index is 585. The monoisotopic (exact) mass is 372 g/mol. The molecule has 0 aromatic carbocycles. The van der Waals surface area contributed by atoms with E-state index in [1.165, 1.54) is 56.1 Å². The average Bonchev–Trinajstić information content (AvgIpc) is 2.96. The summed E-state index contributed by atoms with van der Waals surface area (Å²) < 4.78 is 6.41. The van der Waals surface area contributed by atoms with Crippen LogP contribution in [-0.4, -0.2) is 23.9 Å². The van der Waals surface area contributed by atoms with Crippen molar-refractivity contribution in [3.05, 3.63) is 35.5 Å². The maximum Gasteiger partial charge on any atom is 0.0634 e. The van der Waals surface area contributed by atoms with E-state index in [-0.39, 0.29) is 6.10 Å². The van der Waals surface area contributed by atoms with Crippen molar-refractivity contribution >= 4 is 0 Å². The predicted molar refractivity (Wildman–Crippen MR) is 114 cm³/mol. The number of allylic oxidation sites excluding steroid dienone is 4. The fraction of sp³-hybridized carbons (Fsp3) is 0.760. The van der Waals surface area contributed by atoms with Gasteiger partial charge in [0, 0.05) is 12.0 Å². The lowest BCUT2D eigenvalue weighted by molar-refractivity contribution is -0.0359. The highest BCUT2D eigenvalue weighted by Crippen LogP contribution is 2.55. The van der Waals surface area contributed by atoms with Gasteiger partial charge in [-0.1, -0.05) is 50.6 Å². The third kappa shape index (κ3) is 4.95. The lowest BCUT2D eigenvalue weighted by Gasteiger charge is -2.42. The van der Waals surface area contributed by atoms with E-state index < -0.39 is 0 Å². The average molecular weight is 373 g/mol. The Morgan fingerprint density at radius 2 is 2.04 bits per heavy atom. The van der Waals surface area contributed by atoms with Gasteiger partial charge in [0.1, 0.15) is 0 Å². The van der Waals surface area contributed by atoms with Crippen molar-refractivity contribution in [3.8, 4) is 0 Å². The Labute approximate surface area is 166 Å². The molecular formula is C25H40O2. The summed E-state index contributed by atoms with van der Waals surface area (Å²) in [5.74, 6) is 1.44. The van der Waals surface area contributed by atoms with Crippen LogP contribution < -0.4 is 0 Å². The van der Waals surface area contributed by atoms with E-state index in [9.17, 15) is 5.11 Å². The molecule has 0 radical (unpaired) electrons. The van der Waals surface area contributed by atoms with Gasteiger partial charge in [-0.2, -0.15) is 0 Å². The van der Waals surface area contributed by atoms with Gasteiger partial charge in [-0.05, 0) is 81.6 Å². The number of aliphatic hydroxyl groups excluding tert-OH is 1. The summed E-state index contributed by atoms with van der Waals surface area (Å²) in [5.41, 5.74) is 4.39. The van der Waals surface area contributed by atoms with Crippen molar-refractivity contribution in [2.24, 2.45) is 17.3 Å². The van der Waals surface area contributed by atoms with Crippen LogP contribution in [0, 0.1) is 17.3 Å². The molecule has 0 aromatic heterocycles. The molecule has 0 heterocycles. The first-order valence-corrected chi connectivity index (χ1v) is 11.3. The van der Waals surface area contributed by atoms with E-state index >= 15 is 0 Å². The third-order valence-electron chi connectivity index (χ3n) is 7.31. The SMILES string of the molecule is C=C1CC[C@H](O)CC1=CC=C1CCC[C@]2(C)[C@@H](OCCCC(C)C)CC[C@@H]12. The Hall–Kier alpha value is -0.860. The Morgan fingerprint density at radius 1 is 1.22 bits per heavy atom. The third-order valence-corrected chi connectivity index (χ3v) is 7.31. The van der Waals surface area contributed by atoms with Gasteiger partial charge in [0.05, 0.1) is 12.2 Å². The Kier molecular flexibility index (Phi) is 7.03.